The van der Waals surface area contributed by atoms with Gasteiger partial charge in [0.1, 0.15) is 23.9 Å². The molecule has 4 unspecified atom stereocenters. The van der Waals surface area contributed by atoms with Crippen molar-refractivity contribution in [3.05, 3.63) is 48.0 Å². The molecule has 12 nitrogen and oxygen atoms in total. The van der Waals surface area contributed by atoms with E-state index in [0.717, 1.165) is 18.5 Å². The number of carbonyl (C=O) groups is 4. The minimum absolute atomic E-state index is 0.0235. The molecule has 2 aromatic rings. The summed E-state index contributed by atoms with van der Waals surface area (Å²) in [4.78, 5) is 59.6. The number of likely N-dealkylation sites (tertiary alicyclic amines) is 1. The van der Waals surface area contributed by atoms with Crippen LogP contribution in [0.1, 0.15) is 36.9 Å². The van der Waals surface area contributed by atoms with Gasteiger partial charge in [0.25, 0.3) is 0 Å². The van der Waals surface area contributed by atoms with Crippen molar-refractivity contribution in [3.8, 4) is 5.75 Å². The Kier molecular flexibility index (Phi) is 8.39. The molecule has 2 aliphatic rings. The van der Waals surface area contributed by atoms with Crippen LogP contribution in [0.15, 0.2) is 36.8 Å². The number of amides is 3. The molecule has 6 N–H and O–H groups in total. The van der Waals surface area contributed by atoms with Crippen molar-refractivity contribution in [1.82, 2.24) is 30.8 Å². The molecule has 2 aliphatic heterocycles. The summed E-state index contributed by atoms with van der Waals surface area (Å²) in [5, 5.41) is 27.8. The predicted octanol–water partition coefficient (Wildman–Crippen LogP) is -0.302. The molecule has 0 radical (unpaired) electrons. The van der Waals surface area contributed by atoms with Gasteiger partial charge in [0.15, 0.2) is 0 Å². The second-order valence-corrected chi connectivity index (χ2v) is 9.45. The van der Waals surface area contributed by atoms with Crippen molar-refractivity contribution in [1.29, 1.82) is 0 Å². The van der Waals surface area contributed by atoms with Gasteiger partial charge in [-0.3, -0.25) is 14.4 Å². The van der Waals surface area contributed by atoms with Gasteiger partial charge >= 0.3 is 5.97 Å². The van der Waals surface area contributed by atoms with E-state index in [2.05, 4.69) is 25.9 Å². The number of phenols is 1. The third-order valence-corrected chi connectivity index (χ3v) is 6.80. The van der Waals surface area contributed by atoms with Crippen LogP contribution in [-0.2, 0) is 32.0 Å². The first kappa shape index (κ1) is 26.1. The van der Waals surface area contributed by atoms with Crippen molar-refractivity contribution >= 4 is 23.7 Å². The molecule has 1 aromatic carbocycles. The van der Waals surface area contributed by atoms with Crippen LogP contribution in [-0.4, -0.2) is 86.0 Å². The summed E-state index contributed by atoms with van der Waals surface area (Å²) in [5.41, 5.74) is 1.30. The van der Waals surface area contributed by atoms with Crippen LogP contribution in [0.2, 0.25) is 0 Å². The number of rotatable bonds is 10. The average molecular weight is 513 g/mol. The number of hydrogen-bond donors (Lipinski definition) is 6. The Bertz CT molecular complexity index is 1100. The summed E-state index contributed by atoms with van der Waals surface area (Å²) in [5.74, 6) is -2.34. The van der Waals surface area contributed by atoms with Crippen LogP contribution < -0.4 is 16.0 Å². The highest BCUT2D eigenvalue weighted by Crippen LogP contribution is 2.21. The maximum absolute atomic E-state index is 13.7. The smallest absolute Gasteiger partial charge is 0.326 e. The number of aromatic nitrogens is 2. The Morgan fingerprint density at radius 2 is 1.78 bits per heavy atom. The van der Waals surface area contributed by atoms with Crippen LogP contribution in [0, 0.1) is 0 Å². The highest BCUT2D eigenvalue weighted by atomic mass is 16.4. The standard InChI is InChI=1S/C25H32N6O6/c32-17-7-5-15(6-8-17)11-19(29-22(33)18-3-1-9-27-18)24(35)31-10-2-4-21(31)23(34)30-20(25(36)37)12-16-13-26-14-28-16/h5-8,13-14,18-21,27,32H,1-4,9-12H2,(H,26,28)(H,29,33)(H,30,34)(H,36,37). The molecular formula is C25H32N6O6. The van der Waals surface area contributed by atoms with Gasteiger partial charge in [-0.25, -0.2) is 9.78 Å². The molecular weight excluding hydrogens is 480 g/mol. The number of benzene rings is 1. The van der Waals surface area contributed by atoms with E-state index in [1.807, 2.05) is 0 Å². The van der Waals surface area contributed by atoms with E-state index in [9.17, 15) is 29.4 Å². The van der Waals surface area contributed by atoms with Crippen LogP contribution in [0.5, 0.6) is 5.75 Å². The number of H-pyrrole nitrogens is 1. The Morgan fingerprint density at radius 1 is 1.03 bits per heavy atom. The topological polar surface area (TPSA) is 177 Å². The van der Waals surface area contributed by atoms with E-state index in [-0.39, 0.29) is 30.5 Å². The minimum atomic E-state index is -1.19. The van der Waals surface area contributed by atoms with E-state index in [0.29, 0.717) is 31.5 Å². The zero-order chi connectivity index (χ0) is 26.4. The predicted molar refractivity (Wildman–Crippen MR) is 131 cm³/mol. The highest BCUT2D eigenvalue weighted by Gasteiger charge is 2.39. The first-order valence-corrected chi connectivity index (χ1v) is 12.4. The molecule has 0 saturated carbocycles. The molecule has 0 aliphatic carbocycles. The molecule has 37 heavy (non-hydrogen) atoms. The maximum atomic E-state index is 13.7. The normalized spacial score (nSPS) is 20.8. The van der Waals surface area contributed by atoms with Crippen molar-refractivity contribution in [2.45, 2.75) is 62.7 Å². The van der Waals surface area contributed by atoms with E-state index < -0.39 is 35.9 Å². The summed E-state index contributed by atoms with van der Waals surface area (Å²) in [6.07, 6.45) is 5.63. The van der Waals surface area contributed by atoms with Gasteiger partial charge in [-0.2, -0.15) is 0 Å². The third-order valence-electron chi connectivity index (χ3n) is 6.80. The van der Waals surface area contributed by atoms with Crippen LogP contribution in [0.3, 0.4) is 0 Å². The molecule has 4 atom stereocenters. The summed E-state index contributed by atoms with van der Waals surface area (Å²) in [6.45, 7) is 1.05. The quantitative estimate of drug-likeness (QED) is 0.251. The van der Waals surface area contributed by atoms with Crippen molar-refractivity contribution in [3.63, 3.8) is 0 Å². The lowest BCUT2D eigenvalue weighted by Crippen LogP contribution is -2.57. The largest absolute Gasteiger partial charge is 0.508 e. The van der Waals surface area contributed by atoms with Crippen molar-refractivity contribution < 1.29 is 29.4 Å². The van der Waals surface area contributed by atoms with E-state index >= 15 is 0 Å². The number of carbonyl (C=O) groups excluding carboxylic acids is 3. The van der Waals surface area contributed by atoms with Gasteiger partial charge in [0.2, 0.25) is 17.7 Å². The Labute approximate surface area is 213 Å². The van der Waals surface area contributed by atoms with E-state index in [4.69, 9.17) is 0 Å². The van der Waals surface area contributed by atoms with Gasteiger partial charge in [-0.05, 0) is 49.9 Å². The number of aromatic amines is 1. The second-order valence-electron chi connectivity index (χ2n) is 9.45. The monoisotopic (exact) mass is 512 g/mol. The Morgan fingerprint density at radius 3 is 2.43 bits per heavy atom. The fourth-order valence-electron chi connectivity index (χ4n) is 4.84. The van der Waals surface area contributed by atoms with Gasteiger partial charge in [0, 0.05) is 31.3 Å². The van der Waals surface area contributed by atoms with Crippen molar-refractivity contribution in [2.24, 2.45) is 0 Å². The number of phenolic OH excluding ortho intramolecular Hbond substituents is 1. The number of carboxylic acid groups (broad SMARTS) is 1. The van der Waals surface area contributed by atoms with Crippen LogP contribution >= 0.6 is 0 Å². The maximum Gasteiger partial charge on any atom is 0.326 e. The van der Waals surface area contributed by atoms with Gasteiger partial charge in [-0.15, -0.1) is 0 Å². The SMILES string of the molecule is O=C(O)C(Cc1cnc[nH]1)NC(=O)C1CCCN1C(=O)C(Cc1ccc(O)cc1)NC(=O)C1CCCN1. The van der Waals surface area contributed by atoms with Gasteiger partial charge in [0.05, 0.1) is 12.4 Å². The minimum Gasteiger partial charge on any atom is -0.508 e. The molecule has 1 aromatic heterocycles. The third kappa shape index (κ3) is 6.64. The van der Waals surface area contributed by atoms with Crippen molar-refractivity contribution in [2.75, 3.05) is 13.1 Å². The molecule has 12 heteroatoms. The number of nitrogens with one attached hydrogen (secondary N) is 4. The number of nitrogens with zero attached hydrogens (tertiary/aromatic N) is 2. The number of carboxylic acids is 1. The zero-order valence-corrected chi connectivity index (χ0v) is 20.4. The average Bonchev–Trinajstić information content (AvgIpc) is 3.67. The molecule has 3 heterocycles. The summed E-state index contributed by atoms with van der Waals surface area (Å²) in [7, 11) is 0. The summed E-state index contributed by atoms with van der Waals surface area (Å²) < 4.78 is 0. The van der Waals surface area contributed by atoms with Gasteiger partial charge < -0.3 is 36.0 Å². The zero-order valence-electron chi connectivity index (χ0n) is 20.4. The Hall–Kier alpha value is -3.93. The van der Waals surface area contributed by atoms with Crippen LogP contribution in [0.25, 0.3) is 0 Å². The lowest BCUT2D eigenvalue weighted by molar-refractivity contribution is -0.145. The lowest BCUT2D eigenvalue weighted by Gasteiger charge is -2.30. The Balaban J connectivity index is 1.48. The molecule has 3 amide bonds. The fourth-order valence-corrected chi connectivity index (χ4v) is 4.84. The molecule has 198 valence electrons. The second kappa shape index (κ2) is 11.9. The molecule has 2 saturated heterocycles. The number of imidazole rings is 1. The first-order valence-electron chi connectivity index (χ1n) is 12.4. The first-order chi connectivity index (χ1) is 17.8. The van der Waals surface area contributed by atoms with E-state index in [1.54, 1.807) is 12.1 Å². The fraction of sp³-hybridized carbons (Fsp3) is 0.480. The number of aliphatic carboxylic acids is 1. The molecule has 4 rings (SSSR count). The number of hydrogen-bond acceptors (Lipinski definition) is 7. The highest BCUT2D eigenvalue weighted by molar-refractivity contribution is 5.94. The lowest BCUT2D eigenvalue weighted by atomic mass is 10.0. The van der Waals surface area contributed by atoms with Crippen LogP contribution in [0.4, 0.5) is 0 Å². The molecule has 0 bridgehead atoms. The van der Waals surface area contributed by atoms with Gasteiger partial charge in [-0.1, -0.05) is 12.1 Å². The van der Waals surface area contributed by atoms with E-state index in [1.165, 1.54) is 29.6 Å². The molecule has 2 fully saturated rings. The summed E-state index contributed by atoms with van der Waals surface area (Å²) >= 11 is 0. The summed E-state index contributed by atoms with van der Waals surface area (Å²) in [6, 6.07) is 3.03. The number of aromatic hydroxyl groups is 1. The molecule has 0 spiro atoms.